The quantitative estimate of drug-likeness (QED) is 0.351. The molecule has 0 spiro atoms. The average Bonchev–Trinajstić information content (AvgIpc) is 3.10. The van der Waals surface area contributed by atoms with Crippen LogP contribution in [-0.4, -0.2) is 34.9 Å². The molecule has 2 aromatic rings. The summed E-state index contributed by atoms with van der Waals surface area (Å²) in [5, 5.41) is 9.68. The minimum absolute atomic E-state index is 0.178. The highest BCUT2D eigenvalue weighted by Gasteiger charge is 2.38. The van der Waals surface area contributed by atoms with Gasteiger partial charge in [-0.25, -0.2) is 0 Å². The predicted octanol–water partition coefficient (Wildman–Crippen LogP) is 3.06. The molecule has 138 valence electrons. The number of carbonyl (C=O) groups excluding carboxylic acids is 1. The third-order valence-corrected chi connectivity index (χ3v) is 2.99. The predicted molar refractivity (Wildman–Crippen MR) is 86.3 cm³/mol. The van der Waals surface area contributed by atoms with Crippen LogP contribution in [0.15, 0.2) is 46.6 Å². The molecule has 0 atom stereocenters. The molecule has 1 heterocycles. The fourth-order valence-corrected chi connectivity index (χ4v) is 1.77. The number of benzene rings is 1. The molecule has 0 radical (unpaired) electrons. The van der Waals surface area contributed by atoms with Crippen molar-refractivity contribution < 1.29 is 27.3 Å². The van der Waals surface area contributed by atoms with Gasteiger partial charge in [-0.05, 0) is 19.1 Å². The molecule has 0 aliphatic rings. The first kappa shape index (κ1) is 19.2. The van der Waals surface area contributed by atoms with Gasteiger partial charge in [0, 0.05) is 11.1 Å². The number of oxime groups is 1. The molecule has 0 bridgehead atoms. The van der Waals surface area contributed by atoms with Crippen molar-refractivity contribution in [1.82, 2.24) is 15.5 Å². The number of aromatic nitrogens is 2. The van der Waals surface area contributed by atoms with Gasteiger partial charge in [0.05, 0.1) is 12.3 Å². The van der Waals surface area contributed by atoms with E-state index in [1.165, 1.54) is 30.3 Å². The molecule has 0 fully saturated rings. The maximum Gasteiger partial charge on any atom is 0.471 e. The van der Waals surface area contributed by atoms with Crippen LogP contribution in [0.1, 0.15) is 23.2 Å². The van der Waals surface area contributed by atoms with Crippen molar-refractivity contribution in [2.75, 3.05) is 13.2 Å². The van der Waals surface area contributed by atoms with Crippen molar-refractivity contribution in [3.05, 3.63) is 48.4 Å². The van der Waals surface area contributed by atoms with Gasteiger partial charge in [-0.1, -0.05) is 35.1 Å². The maximum atomic E-state index is 12.5. The Balaban J connectivity index is 1.98. The lowest BCUT2D eigenvalue weighted by Crippen LogP contribution is -2.28. The number of halogens is 3. The van der Waals surface area contributed by atoms with Crippen LogP contribution in [0.2, 0.25) is 0 Å². The number of nitrogens with one attached hydrogen (secondary N) is 1. The largest absolute Gasteiger partial charge is 0.471 e. The summed E-state index contributed by atoms with van der Waals surface area (Å²) in [6.45, 7) is 5.60. The van der Waals surface area contributed by atoms with Crippen molar-refractivity contribution in [3.63, 3.8) is 0 Å². The molecule has 0 saturated heterocycles. The van der Waals surface area contributed by atoms with Gasteiger partial charge >= 0.3 is 12.1 Å². The Morgan fingerprint density at radius 2 is 2.08 bits per heavy atom. The molecular weight excluding hydrogens is 353 g/mol. The zero-order chi connectivity index (χ0) is 19.2. The lowest BCUT2D eigenvalue weighted by molar-refractivity contribution is -0.159. The molecule has 1 amide bonds. The molecule has 26 heavy (non-hydrogen) atoms. The molecule has 1 aromatic heterocycles. The van der Waals surface area contributed by atoms with Crippen LogP contribution in [0, 0.1) is 0 Å². The van der Waals surface area contributed by atoms with Crippen molar-refractivity contribution >= 4 is 11.6 Å². The number of carbonyl (C=O) groups is 1. The minimum atomic E-state index is -4.71. The van der Waals surface area contributed by atoms with Crippen LogP contribution in [0.4, 0.5) is 13.2 Å². The standard InChI is InChI=1S/C16H15F3N4O3/c1-3-8-25-22-10(2)9-20-14(24)12-6-4-11(5-7-12)13-21-15(26-23-13)16(17,18)19/h3-7H,1,8-9H2,2H3,(H,20,24). The van der Waals surface area contributed by atoms with Crippen LogP contribution >= 0.6 is 0 Å². The van der Waals surface area contributed by atoms with Crippen molar-refractivity contribution in [2.24, 2.45) is 5.16 Å². The molecule has 0 saturated carbocycles. The van der Waals surface area contributed by atoms with Crippen molar-refractivity contribution in [2.45, 2.75) is 13.1 Å². The van der Waals surface area contributed by atoms with Gasteiger partial charge in [0.1, 0.15) is 6.61 Å². The summed E-state index contributed by atoms with van der Waals surface area (Å²) in [6.07, 6.45) is -3.17. The third kappa shape index (κ3) is 5.16. The van der Waals surface area contributed by atoms with Crippen LogP contribution in [0.25, 0.3) is 11.4 Å². The topological polar surface area (TPSA) is 89.6 Å². The van der Waals surface area contributed by atoms with Crippen LogP contribution in [-0.2, 0) is 11.0 Å². The number of hydrogen-bond donors (Lipinski definition) is 1. The molecule has 1 N–H and O–H groups in total. The van der Waals surface area contributed by atoms with E-state index in [-0.39, 0.29) is 30.4 Å². The molecule has 1 aromatic carbocycles. The van der Waals surface area contributed by atoms with Gasteiger partial charge in [0.15, 0.2) is 0 Å². The Morgan fingerprint density at radius 3 is 2.65 bits per heavy atom. The van der Waals surface area contributed by atoms with E-state index in [1.54, 1.807) is 6.92 Å². The highest BCUT2D eigenvalue weighted by atomic mass is 19.4. The second kappa shape index (κ2) is 8.28. The van der Waals surface area contributed by atoms with E-state index in [0.29, 0.717) is 11.3 Å². The molecule has 0 aliphatic heterocycles. The number of hydrogen-bond acceptors (Lipinski definition) is 6. The number of amides is 1. The van der Waals surface area contributed by atoms with E-state index < -0.39 is 12.1 Å². The Labute approximate surface area is 146 Å². The van der Waals surface area contributed by atoms with E-state index >= 15 is 0 Å². The van der Waals surface area contributed by atoms with E-state index in [1.807, 2.05) is 0 Å². The van der Waals surface area contributed by atoms with Crippen LogP contribution in [0.5, 0.6) is 0 Å². The van der Waals surface area contributed by atoms with Gasteiger partial charge in [0.25, 0.3) is 5.91 Å². The zero-order valence-corrected chi connectivity index (χ0v) is 13.7. The van der Waals surface area contributed by atoms with Crippen LogP contribution in [0.3, 0.4) is 0 Å². The minimum Gasteiger partial charge on any atom is -0.392 e. The first-order valence-corrected chi connectivity index (χ1v) is 7.37. The Bertz CT molecular complexity index is 798. The maximum absolute atomic E-state index is 12.5. The number of alkyl halides is 3. The summed E-state index contributed by atoms with van der Waals surface area (Å²) < 4.78 is 41.6. The summed E-state index contributed by atoms with van der Waals surface area (Å²) in [7, 11) is 0. The second-order valence-electron chi connectivity index (χ2n) is 5.09. The van der Waals surface area contributed by atoms with Gasteiger partial charge < -0.3 is 14.7 Å². The Hall–Kier alpha value is -3.17. The number of nitrogens with zero attached hydrogens (tertiary/aromatic N) is 3. The van der Waals surface area contributed by atoms with Gasteiger partial charge in [-0.2, -0.15) is 18.2 Å². The molecular formula is C16H15F3N4O3. The smallest absolute Gasteiger partial charge is 0.392 e. The van der Waals surface area contributed by atoms with Crippen molar-refractivity contribution in [1.29, 1.82) is 0 Å². The lowest BCUT2D eigenvalue weighted by Gasteiger charge is -2.05. The molecule has 7 nitrogen and oxygen atoms in total. The van der Waals surface area contributed by atoms with Crippen molar-refractivity contribution in [3.8, 4) is 11.4 Å². The highest BCUT2D eigenvalue weighted by Crippen LogP contribution is 2.29. The Morgan fingerprint density at radius 1 is 1.38 bits per heavy atom. The normalized spacial score (nSPS) is 11.9. The SMILES string of the molecule is C=CCON=C(C)CNC(=O)c1ccc(-c2noc(C(F)(F)F)n2)cc1. The average molecular weight is 368 g/mol. The molecule has 0 aliphatic carbocycles. The second-order valence-corrected chi connectivity index (χ2v) is 5.09. The Kier molecular flexibility index (Phi) is 6.10. The molecule has 10 heteroatoms. The van der Waals surface area contributed by atoms with E-state index in [0.717, 1.165) is 0 Å². The third-order valence-electron chi connectivity index (χ3n) is 2.99. The van der Waals surface area contributed by atoms with Gasteiger partial charge in [0.2, 0.25) is 5.82 Å². The van der Waals surface area contributed by atoms with Crippen LogP contribution < -0.4 is 5.32 Å². The van der Waals surface area contributed by atoms with E-state index in [4.69, 9.17) is 4.84 Å². The fraction of sp³-hybridized carbons (Fsp3) is 0.250. The highest BCUT2D eigenvalue weighted by molar-refractivity contribution is 5.97. The number of rotatable bonds is 7. The molecule has 2 rings (SSSR count). The summed E-state index contributed by atoms with van der Waals surface area (Å²) in [6, 6.07) is 5.73. The summed E-state index contributed by atoms with van der Waals surface area (Å²) >= 11 is 0. The first-order valence-electron chi connectivity index (χ1n) is 7.37. The van der Waals surface area contributed by atoms with E-state index in [9.17, 15) is 18.0 Å². The van der Waals surface area contributed by atoms with Gasteiger partial charge in [-0.3, -0.25) is 4.79 Å². The first-order chi connectivity index (χ1) is 12.3. The lowest BCUT2D eigenvalue weighted by atomic mass is 10.1. The van der Waals surface area contributed by atoms with E-state index in [2.05, 4.69) is 31.7 Å². The summed E-state index contributed by atoms with van der Waals surface area (Å²) in [5.74, 6) is -2.02. The monoisotopic (exact) mass is 368 g/mol. The summed E-state index contributed by atoms with van der Waals surface area (Å²) in [4.78, 5) is 20.2. The van der Waals surface area contributed by atoms with Gasteiger partial charge in [-0.15, -0.1) is 0 Å². The summed E-state index contributed by atoms with van der Waals surface area (Å²) in [5.41, 5.74) is 1.16. The fourth-order valence-electron chi connectivity index (χ4n) is 1.77. The zero-order valence-electron chi connectivity index (χ0n) is 13.7. The molecule has 0 unspecified atom stereocenters.